The Morgan fingerprint density at radius 2 is 0.714 bits per heavy atom. The molecule has 212 valence electrons. The molecule has 0 spiro atoms. The van der Waals surface area contributed by atoms with Gasteiger partial charge in [-0.3, -0.25) is 0 Å². The third-order valence-electron chi connectivity index (χ3n) is 12.2. The highest BCUT2D eigenvalue weighted by molar-refractivity contribution is 5.48. The minimum atomic E-state index is 0.328. The van der Waals surface area contributed by atoms with Crippen molar-refractivity contribution in [3.8, 4) is 23.0 Å². The lowest BCUT2D eigenvalue weighted by Crippen LogP contribution is -2.75. The second-order valence-corrected chi connectivity index (χ2v) is 14.0. The maximum atomic E-state index is 6.18. The molecule has 42 heavy (non-hydrogen) atoms. The lowest BCUT2D eigenvalue weighted by Gasteiger charge is -2.79. The number of ether oxygens (including phenoxy) is 2. The van der Waals surface area contributed by atoms with Gasteiger partial charge in [-0.1, -0.05) is 24.3 Å². The molecule has 4 unspecified atom stereocenters. The molecule has 7 aliphatic carbocycles. The summed E-state index contributed by atoms with van der Waals surface area (Å²) in [6.07, 6.45) is 8.39. The van der Waals surface area contributed by atoms with Gasteiger partial charge in [0, 0.05) is 22.2 Å². The largest absolute Gasteiger partial charge is 0.457 e. The summed E-state index contributed by atoms with van der Waals surface area (Å²) in [7, 11) is 0. The second-order valence-electron chi connectivity index (χ2n) is 14.0. The van der Waals surface area contributed by atoms with Crippen LogP contribution in [-0.4, -0.2) is 0 Å². The van der Waals surface area contributed by atoms with Gasteiger partial charge in [0.25, 0.3) is 0 Å². The Bertz CT molecular complexity index is 1480. The van der Waals surface area contributed by atoms with Crippen molar-refractivity contribution in [1.29, 1.82) is 0 Å². The highest BCUT2D eigenvalue weighted by Crippen LogP contribution is 2.80. The van der Waals surface area contributed by atoms with Crippen molar-refractivity contribution in [2.45, 2.75) is 49.4 Å². The summed E-state index contributed by atoms with van der Waals surface area (Å²) in [6.45, 7) is 0. The molecule has 4 nitrogen and oxygen atoms in total. The van der Waals surface area contributed by atoms with E-state index in [0.29, 0.717) is 10.8 Å². The molecule has 4 heteroatoms. The number of nitrogens with two attached hydrogens (primary N) is 2. The molecule has 11 rings (SSSR count). The molecule has 8 atom stereocenters. The first kappa shape index (κ1) is 24.7. The Labute approximate surface area is 248 Å². The highest BCUT2D eigenvalue weighted by Gasteiger charge is 2.75. The lowest BCUT2D eigenvalue weighted by atomic mass is 9.25. The van der Waals surface area contributed by atoms with Crippen molar-refractivity contribution in [2.24, 2.45) is 35.5 Å². The van der Waals surface area contributed by atoms with Crippen LogP contribution in [0.25, 0.3) is 0 Å². The van der Waals surface area contributed by atoms with Gasteiger partial charge < -0.3 is 20.9 Å². The van der Waals surface area contributed by atoms with E-state index in [1.54, 1.807) is 11.1 Å². The molecule has 4 N–H and O–H groups in total. The van der Waals surface area contributed by atoms with E-state index in [0.717, 1.165) is 69.9 Å². The van der Waals surface area contributed by atoms with Crippen LogP contribution in [0.5, 0.6) is 23.0 Å². The molecule has 0 radical (unpaired) electrons. The fraction of sp³-hybridized carbons (Fsp3) is 0.368. The van der Waals surface area contributed by atoms with Crippen molar-refractivity contribution in [3.63, 3.8) is 0 Å². The summed E-state index contributed by atoms with van der Waals surface area (Å²) >= 11 is 0. The zero-order chi connectivity index (χ0) is 28.1. The highest BCUT2D eigenvalue weighted by atomic mass is 16.5. The molecule has 8 bridgehead atoms. The van der Waals surface area contributed by atoms with Gasteiger partial charge in [-0.25, -0.2) is 0 Å². The molecule has 0 saturated heterocycles. The molecule has 7 saturated carbocycles. The van der Waals surface area contributed by atoms with Gasteiger partial charge in [-0.15, -0.1) is 0 Å². The maximum Gasteiger partial charge on any atom is 0.127 e. The molecular weight excluding hydrogens is 516 g/mol. The molecule has 0 amide bonds. The van der Waals surface area contributed by atoms with Crippen LogP contribution in [0, 0.1) is 35.5 Å². The summed E-state index contributed by atoms with van der Waals surface area (Å²) in [5.41, 5.74) is 17.0. The van der Waals surface area contributed by atoms with Crippen molar-refractivity contribution < 1.29 is 9.47 Å². The topological polar surface area (TPSA) is 70.5 Å². The van der Waals surface area contributed by atoms with Gasteiger partial charge in [0.05, 0.1) is 0 Å². The van der Waals surface area contributed by atoms with Crippen molar-refractivity contribution in [2.75, 3.05) is 11.5 Å². The molecule has 7 fully saturated rings. The number of anilines is 2. The van der Waals surface area contributed by atoms with E-state index in [4.69, 9.17) is 20.9 Å². The summed E-state index contributed by atoms with van der Waals surface area (Å²) in [4.78, 5) is 0. The average molecular weight is 555 g/mol. The summed E-state index contributed by atoms with van der Waals surface area (Å²) in [6, 6.07) is 33.8. The Morgan fingerprint density at radius 3 is 1.02 bits per heavy atom. The first-order valence-electron chi connectivity index (χ1n) is 15.8. The predicted octanol–water partition coefficient (Wildman–Crippen LogP) is 8.72. The van der Waals surface area contributed by atoms with Gasteiger partial charge in [-0.2, -0.15) is 0 Å². The Hall–Kier alpha value is -3.92. The van der Waals surface area contributed by atoms with Crippen LogP contribution < -0.4 is 20.9 Å². The minimum Gasteiger partial charge on any atom is -0.457 e. The van der Waals surface area contributed by atoms with Crippen LogP contribution in [0.4, 0.5) is 11.4 Å². The van der Waals surface area contributed by atoms with Crippen LogP contribution in [0.2, 0.25) is 0 Å². The van der Waals surface area contributed by atoms with Crippen LogP contribution in [0.3, 0.4) is 0 Å². The van der Waals surface area contributed by atoms with Crippen molar-refractivity contribution in [3.05, 3.63) is 108 Å². The van der Waals surface area contributed by atoms with Crippen LogP contribution in [-0.2, 0) is 10.8 Å². The quantitative estimate of drug-likeness (QED) is 0.234. The summed E-state index contributed by atoms with van der Waals surface area (Å²) in [5, 5.41) is 0. The number of hydrogen-bond acceptors (Lipinski definition) is 4. The average Bonchev–Trinajstić information content (AvgIpc) is 3.02. The zero-order valence-corrected chi connectivity index (χ0v) is 23.9. The summed E-state index contributed by atoms with van der Waals surface area (Å²) < 4.78 is 12.4. The monoisotopic (exact) mass is 554 g/mol. The maximum absolute atomic E-state index is 6.18. The van der Waals surface area contributed by atoms with Crippen molar-refractivity contribution in [1.82, 2.24) is 0 Å². The predicted molar refractivity (Wildman–Crippen MR) is 167 cm³/mol. The van der Waals surface area contributed by atoms with E-state index in [1.807, 2.05) is 48.5 Å². The van der Waals surface area contributed by atoms with E-state index in [-0.39, 0.29) is 0 Å². The molecule has 7 aliphatic rings. The third kappa shape index (κ3) is 3.41. The van der Waals surface area contributed by atoms with Crippen molar-refractivity contribution >= 4 is 11.4 Å². The number of hydrogen-bond donors (Lipinski definition) is 2. The zero-order valence-electron chi connectivity index (χ0n) is 23.9. The molecule has 4 aromatic carbocycles. The van der Waals surface area contributed by atoms with Gasteiger partial charge >= 0.3 is 0 Å². The van der Waals surface area contributed by atoms with Gasteiger partial charge in [0.1, 0.15) is 23.0 Å². The van der Waals surface area contributed by atoms with Crippen LogP contribution >= 0.6 is 0 Å². The van der Waals surface area contributed by atoms with Gasteiger partial charge in [0.2, 0.25) is 0 Å². The molecule has 0 aromatic heterocycles. The van der Waals surface area contributed by atoms with Gasteiger partial charge in [0.15, 0.2) is 0 Å². The molecular formula is C38H38N2O2. The fourth-order valence-electron chi connectivity index (χ4n) is 11.1. The third-order valence-corrected chi connectivity index (χ3v) is 12.2. The fourth-order valence-corrected chi connectivity index (χ4v) is 11.1. The van der Waals surface area contributed by atoms with Gasteiger partial charge in [-0.05, 0) is 158 Å². The first-order valence-corrected chi connectivity index (χ1v) is 15.8. The van der Waals surface area contributed by atoms with E-state index < -0.39 is 0 Å². The van der Waals surface area contributed by atoms with Crippen LogP contribution in [0.15, 0.2) is 97.1 Å². The number of benzene rings is 4. The first-order chi connectivity index (χ1) is 20.5. The Kier molecular flexibility index (Phi) is 5.16. The smallest absolute Gasteiger partial charge is 0.127 e. The molecule has 0 aliphatic heterocycles. The summed E-state index contributed by atoms with van der Waals surface area (Å²) in [5.74, 6) is 8.27. The van der Waals surface area contributed by atoms with E-state index in [2.05, 4.69) is 48.5 Å². The van der Waals surface area contributed by atoms with E-state index in [1.165, 1.54) is 38.5 Å². The van der Waals surface area contributed by atoms with E-state index in [9.17, 15) is 0 Å². The Morgan fingerprint density at radius 1 is 0.429 bits per heavy atom. The Balaban J connectivity index is 1.03. The SMILES string of the molecule is Nc1ccc(Oc2ccc(C34CC5C[C@@H]6[C@H]3CC3C[C@H]4[C@H](C5)C6(c4ccc(Oc5ccc(N)cc5)cc4)C3)cc2)cc1. The van der Waals surface area contributed by atoms with Crippen LogP contribution in [0.1, 0.15) is 49.7 Å². The molecule has 4 aromatic rings. The minimum absolute atomic E-state index is 0.328. The standard InChI is InChI=1S/C38H38N2O2/c39-27-5-13-31(14-6-27)41-29-9-1-25(2-10-29)37-21-23-19-35-33(37)17-24-18-34(37)36(20-23)38(35,22-24)26-3-11-30(12-4-26)42-32-15-7-28(40)8-16-32/h1-16,23-24,33-36H,17-22,39-40H2/t23?,24?,33-,34+,35-,36+,37?,38?. The normalized spacial score (nSPS) is 35.0. The molecule has 0 heterocycles. The van der Waals surface area contributed by atoms with E-state index >= 15 is 0 Å². The second kappa shape index (κ2) is 8.80. The lowest BCUT2D eigenvalue weighted by molar-refractivity contribution is -0.237. The number of rotatable bonds is 6. The number of nitrogen functional groups attached to an aromatic ring is 2.